The monoisotopic (exact) mass is 335 g/mol. The van der Waals surface area contributed by atoms with Crippen LogP contribution in [0.4, 0.5) is 4.39 Å². The third kappa shape index (κ3) is 5.65. The Balaban J connectivity index is 1.91. The lowest BCUT2D eigenvalue weighted by molar-refractivity contribution is 0.180. The second-order valence-electron chi connectivity index (χ2n) is 5.16. The van der Waals surface area contributed by atoms with Gasteiger partial charge < -0.3 is 15.7 Å². The van der Waals surface area contributed by atoms with Crippen molar-refractivity contribution in [1.29, 1.82) is 0 Å². The van der Waals surface area contributed by atoms with Crippen LogP contribution in [0, 0.1) is 12.7 Å². The number of nitrogens with zero attached hydrogens (tertiary/aromatic N) is 1. The van der Waals surface area contributed by atoms with E-state index in [9.17, 15) is 9.50 Å². The number of aliphatic hydroxyl groups excluding tert-OH is 1. The van der Waals surface area contributed by atoms with Gasteiger partial charge in [-0.3, -0.25) is 0 Å². The first-order valence-electron chi connectivity index (χ1n) is 7.59. The average Bonchev–Trinajstić information content (AvgIpc) is 2.96. The van der Waals surface area contributed by atoms with Crippen LogP contribution >= 0.6 is 11.3 Å². The summed E-state index contributed by atoms with van der Waals surface area (Å²) in [6.07, 6.45) is -0.719. The van der Waals surface area contributed by atoms with E-state index in [0.29, 0.717) is 24.6 Å². The summed E-state index contributed by atoms with van der Waals surface area (Å²) in [6.45, 7) is 5.70. The number of halogens is 1. The standard InChI is InChI=1S/C17H22FN3OS/c1-3-19-17(20-10-15-9-4-12(2)23-15)21-11-16(22)13-5-7-14(18)8-6-13/h4-9,16,22H,3,10-11H2,1-2H3,(H2,19,20,21). The van der Waals surface area contributed by atoms with E-state index in [0.717, 1.165) is 6.54 Å². The van der Waals surface area contributed by atoms with E-state index >= 15 is 0 Å². The third-order valence-corrected chi connectivity index (χ3v) is 4.24. The molecule has 0 saturated carbocycles. The van der Waals surface area contributed by atoms with E-state index in [2.05, 4.69) is 34.7 Å². The fourth-order valence-electron chi connectivity index (χ4n) is 2.06. The zero-order valence-electron chi connectivity index (χ0n) is 13.3. The Hall–Kier alpha value is -1.92. The molecule has 124 valence electrons. The first-order chi connectivity index (χ1) is 11.1. The van der Waals surface area contributed by atoms with Gasteiger partial charge in [0, 0.05) is 22.8 Å². The van der Waals surface area contributed by atoms with Crippen molar-refractivity contribution in [3.05, 3.63) is 57.5 Å². The quantitative estimate of drug-likeness (QED) is 0.562. The maximum Gasteiger partial charge on any atom is 0.191 e. The Kier molecular flexibility index (Phi) is 6.55. The van der Waals surface area contributed by atoms with Crippen LogP contribution in [0.15, 0.2) is 41.4 Å². The Labute approximate surface area is 140 Å². The third-order valence-electron chi connectivity index (χ3n) is 3.25. The molecule has 6 heteroatoms. The summed E-state index contributed by atoms with van der Waals surface area (Å²) in [5.74, 6) is 0.342. The van der Waals surface area contributed by atoms with Crippen molar-refractivity contribution in [2.75, 3.05) is 13.1 Å². The smallest absolute Gasteiger partial charge is 0.191 e. The fourth-order valence-corrected chi connectivity index (χ4v) is 2.88. The Morgan fingerprint density at radius 2 is 1.96 bits per heavy atom. The molecule has 2 aromatic rings. The Morgan fingerprint density at radius 3 is 2.57 bits per heavy atom. The summed E-state index contributed by atoms with van der Waals surface area (Å²) < 4.78 is 12.9. The minimum atomic E-state index is -0.719. The van der Waals surface area contributed by atoms with E-state index in [1.54, 1.807) is 23.5 Å². The van der Waals surface area contributed by atoms with Crippen LogP contribution < -0.4 is 10.6 Å². The van der Waals surface area contributed by atoms with Gasteiger partial charge in [0.05, 0.1) is 12.6 Å². The number of hydrogen-bond acceptors (Lipinski definition) is 3. The zero-order chi connectivity index (χ0) is 16.7. The van der Waals surface area contributed by atoms with E-state index in [4.69, 9.17) is 0 Å². The second-order valence-corrected chi connectivity index (χ2v) is 6.53. The van der Waals surface area contributed by atoms with Gasteiger partial charge in [0.1, 0.15) is 5.82 Å². The van der Waals surface area contributed by atoms with Crippen molar-refractivity contribution in [2.45, 2.75) is 26.5 Å². The summed E-state index contributed by atoms with van der Waals surface area (Å²) >= 11 is 1.72. The van der Waals surface area contributed by atoms with Crippen molar-refractivity contribution >= 4 is 17.3 Å². The molecule has 3 N–H and O–H groups in total. The van der Waals surface area contributed by atoms with Crippen molar-refractivity contribution < 1.29 is 9.50 Å². The van der Waals surface area contributed by atoms with Crippen LogP contribution in [0.3, 0.4) is 0 Å². The van der Waals surface area contributed by atoms with Gasteiger partial charge in [-0.1, -0.05) is 12.1 Å². The minimum Gasteiger partial charge on any atom is -0.387 e. The molecule has 0 bridgehead atoms. The zero-order valence-corrected chi connectivity index (χ0v) is 14.2. The maximum atomic E-state index is 12.9. The molecule has 0 aliphatic heterocycles. The number of nitrogens with one attached hydrogen (secondary N) is 2. The molecule has 1 aromatic heterocycles. The molecule has 1 unspecified atom stereocenters. The first-order valence-corrected chi connectivity index (χ1v) is 8.41. The molecule has 4 nitrogen and oxygen atoms in total. The summed E-state index contributed by atoms with van der Waals surface area (Å²) in [4.78, 5) is 6.97. The van der Waals surface area contributed by atoms with Crippen LogP contribution in [-0.2, 0) is 6.54 Å². The normalized spacial score (nSPS) is 13.0. The highest BCUT2D eigenvalue weighted by atomic mass is 32.1. The van der Waals surface area contributed by atoms with Crippen LogP contribution in [-0.4, -0.2) is 24.2 Å². The molecule has 2 rings (SSSR count). The van der Waals surface area contributed by atoms with E-state index in [1.807, 2.05) is 6.92 Å². The summed E-state index contributed by atoms with van der Waals surface area (Å²) in [5.41, 5.74) is 0.670. The molecule has 1 atom stereocenters. The minimum absolute atomic E-state index is 0.306. The SMILES string of the molecule is CCNC(=NCc1ccc(C)s1)NCC(O)c1ccc(F)cc1. The number of hydrogen-bond donors (Lipinski definition) is 3. The summed E-state index contributed by atoms with van der Waals surface area (Å²) in [7, 11) is 0. The molecule has 0 aliphatic carbocycles. The molecule has 23 heavy (non-hydrogen) atoms. The van der Waals surface area contributed by atoms with Crippen LogP contribution in [0.1, 0.15) is 28.3 Å². The summed E-state index contributed by atoms with van der Waals surface area (Å²) in [6, 6.07) is 10.0. The predicted octanol–water partition coefficient (Wildman–Crippen LogP) is 2.98. The van der Waals surface area contributed by atoms with Gasteiger partial charge in [-0.25, -0.2) is 9.38 Å². The highest BCUT2D eigenvalue weighted by Gasteiger charge is 2.08. The number of benzene rings is 1. The van der Waals surface area contributed by atoms with Gasteiger partial charge in [-0.2, -0.15) is 0 Å². The number of guanidine groups is 1. The topological polar surface area (TPSA) is 56.7 Å². The molecular formula is C17H22FN3OS. The Morgan fingerprint density at radius 1 is 1.22 bits per heavy atom. The van der Waals surface area contributed by atoms with Crippen molar-refractivity contribution in [3.63, 3.8) is 0 Å². The molecule has 0 saturated heterocycles. The number of aliphatic hydroxyl groups is 1. The molecule has 0 radical (unpaired) electrons. The lowest BCUT2D eigenvalue weighted by Gasteiger charge is -2.15. The number of aliphatic imine (C=N–C) groups is 1. The molecule has 1 heterocycles. The van der Waals surface area contributed by atoms with Gasteiger partial charge in [0.25, 0.3) is 0 Å². The lowest BCUT2D eigenvalue weighted by Crippen LogP contribution is -2.39. The van der Waals surface area contributed by atoms with Gasteiger partial charge >= 0.3 is 0 Å². The number of rotatable bonds is 6. The summed E-state index contributed by atoms with van der Waals surface area (Å²) in [5, 5.41) is 16.4. The van der Waals surface area contributed by atoms with E-state index in [1.165, 1.54) is 21.9 Å². The molecule has 1 aromatic carbocycles. The number of aryl methyl sites for hydroxylation is 1. The average molecular weight is 335 g/mol. The number of thiophene rings is 1. The van der Waals surface area contributed by atoms with Crippen molar-refractivity contribution in [1.82, 2.24) is 10.6 Å². The van der Waals surface area contributed by atoms with Gasteiger partial charge in [0.2, 0.25) is 0 Å². The van der Waals surface area contributed by atoms with Crippen LogP contribution in [0.2, 0.25) is 0 Å². The van der Waals surface area contributed by atoms with E-state index < -0.39 is 6.10 Å². The van der Waals surface area contributed by atoms with Crippen molar-refractivity contribution in [3.8, 4) is 0 Å². The predicted molar refractivity (Wildman–Crippen MR) is 93.2 cm³/mol. The highest BCUT2D eigenvalue weighted by Crippen LogP contribution is 2.16. The molecule has 0 spiro atoms. The van der Waals surface area contributed by atoms with E-state index in [-0.39, 0.29) is 5.82 Å². The first kappa shape index (κ1) is 17.4. The molecular weight excluding hydrogens is 313 g/mol. The van der Waals surface area contributed by atoms with Crippen LogP contribution in [0.5, 0.6) is 0 Å². The highest BCUT2D eigenvalue weighted by molar-refractivity contribution is 7.11. The van der Waals surface area contributed by atoms with Gasteiger partial charge in [-0.05, 0) is 43.7 Å². The molecule has 0 aliphatic rings. The van der Waals surface area contributed by atoms with Crippen molar-refractivity contribution in [2.24, 2.45) is 4.99 Å². The Bertz CT molecular complexity index is 640. The fraction of sp³-hybridized carbons (Fsp3) is 0.353. The molecule has 0 amide bonds. The molecule has 0 fully saturated rings. The second kappa shape index (κ2) is 8.64. The van der Waals surface area contributed by atoms with Gasteiger partial charge in [0.15, 0.2) is 5.96 Å². The largest absolute Gasteiger partial charge is 0.387 e. The maximum absolute atomic E-state index is 12.9. The van der Waals surface area contributed by atoms with Gasteiger partial charge in [-0.15, -0.1) is 11.3 Å². The van der Waals surface area contributed by atoms with Crippen LogP contribution in [0.25, 0.3) is 0 Å². The lowest BCUT2D eigenvalue weighted by atomic mass is 10.1.